The van der Waals surface area contributed by atoms with Gasteiger partial charge in [0.05, 0.1) is 0 Å². The third-order valence-corrected chi connectivity index (χ3v) is 4.75. The minimum atomic E-state index is 0.792. The summed E-state index contributed by atoms with van der Waals surface area (Å²) >= 11 is 0. The molecule has 106 valence electrons. The van der Waals surface area contributed by atoms with Gasteiger partial charge in [0.25, 0.3) is 0 Å². The average molecular weight is 250 g/mol. The maximum atomic E-state index is 2.44. The first-order valence-corrected chi connectivity index (χ1v) is 8.06. The number of hydrogen-bond acceptors (Lipinski definition) is 0. The van der Waals surface area contributed by atoms with Crippen molar-refractivity contribution in [2.45, 2.75) is 85.7 Å². The van der Waals surface area contributed by atoms with Crippen molar-refractivity contribution in [3.05, 3.63) is 12.2 Å². The molecule has 0 saturated heterocycles. The van der Waals surface area contributed by atoms with E-state index in [4.69, 9.17) is 0 Å². The highest BCUT2D eigenvalue weighted by molar-refractivity contribution is 6.62. The van der Waals surface area contributed by atoms with E-state index < -0.39 is 0 Å². The van der Waals surface area contributed by atoms with Crippen molar-refractivity contribution < 1.29 is 0 Å². The predicted molar refractivity (Wildman–Crippen MR) is 87.8 cm³/mol. The molecule has 2 atom stereocenters. The van der Waals surface area contributed by atoms with Crippen LogP contribution in [0.15, 0.2) is 12.2 Å². The summed E-state index contributed by atoms with van der Waals surface area (Å²) in [6, 6.07) is 0. The maximum absolute atomic E-state index is 2.44. The molecule has 0 aromatic heterocycles. The summed E-state index contributed by atoms with van der Waals surface area (Å²) in [4.78, 5) is 0. The van der Waals surface area contributed by atoms with Crippen molar-refractivity contribution in [1.82, 2.24) is 0 Å². The van der Waals surface area contributed by atoms with Crippen LogP contribution >= 0.6 is 0 Å². The van der Waals surface area contributed by atoms with E-state index >= 15 is 0 Å². The van der Waals surface area contributed by atoms with Crippen molar-refractivity contribution in [3.8, 4) is 0 Å². The summed E-state index contributed by atoms with van der Waals surface area (Å²) < 4.78 is 0. The predicted octanol–water partition coefficient (Wildman–Crippen LogP) is 6.32. The van der Waals surface area contributed by atoms with Gasteiger partial charge in [0.15, 0.2) is 0 Å². The lowest BCUT2D eigenvalue weighted by Gasteiger charge is -2.31. The van der Waals surface area contributed by atoms with Crippen molar-refractivity contribution >= 4 is 6.71 Å². The minimum Gasteiger partial charge on any atom is -0.0957 e. The normalized spacial score (nSPS) is 15.6. The maximum Gasteiger partial charge on any atom is 0.150 e. The van der Waals surface area contributed by atoms with Gasteiger partial charge >= 0.3 is 0 Å². The van der Waals surface area contributed by atoms with Gasteiger partial charge in [-0.15, -0.1) is 0 Å². The van der Waals surface area contributed by atoms with E-state index in [0.29, 0.717) is 0 Å². The van der Waals surface area contributed by atoms with Crippen molar-refractivity contribution in [2.75, 3.05) is 0 Å². The van der Waals surface area contributed by atoms with Gasteiger partial charge in [-0.05, 0) is 6.42 Å². The molecule has 0 radical (unpaired) electrons. The molecule has 1 heteroatoms. The number of unbranched alkanes of at least 4 members (excludes halogenated alkanes) is 2. The largest absolute Gasteiger partial charge is 0.150 e. The Hall–Kier alpha value is -0.195. The van der Waals surface area contributed by atoms with Crippen LogP contribution in [0.5, 0.6) is 0 Å². The van der Waals surface area contributed by atoms with E-state index in [-0.39, 0.29) is 0 Å². The Labute approximate surface area is 117 Å². The lowest BCUT2D eigenvalue weighted by molar-refractivity contribution is 0.561. The van der Waals surface area contributed by atoms with Gasteiger partial charge in [0, 0.05) is 0 Å². The Balaban J connectivity index is 4.43. The number of allylic oxidation sites excluding steroid dienone is 2. The van der Waals surface area contributed by atoms with Crippen LogP contribution in [0.2, 0.25) is 18.0 Å². The molecule has 18 heavy (non-hydrogen) atoms. The van der Waals surface area contributed by atoms with Crippen LogP contribution in [-0.2, 0) is 0 Å². The van der Waals surface area contributed by atoms with Gasteiger partial charge in [-0.1, -0.05) is 103 Å². The van der Waals surface area contributed by atoms with Crippen LogP contribution in [0.25, 0.3) is 0 Å². The summed E-state index contributed by atoms with van der Waals surface area (Å²) in [7, 11) is 0. The first-order chi connectivity index (χ1) is 8.41. The van der Waals surface area contributed by atoms with Crippen molar-refractivity contribution in [2.24, 2.45) is 11.8 Å². The third-order valence-electron chi connectivity index (χ3n) is 4.75. The molecule has 0 aliphatic heterocycles. The van der Waals surface area contributed by atoms with Crippen LogP contribution in [0.4, 0.5) is 0 Å². The van der Waals surface area contributed by atoms with Crippen LogP contribution < -0.4 is 0 Å². The topological polar surface area (TPSA) is 0 Å². The molecule has 0 heterocycles. The molecule has 0 N–H and O–H groups in total. The Morgan fingerprint density at radius 2 is 1.33 bits per heavy atom. The molecule has 0 amide bonds. The highest BCUT2D eigenvalue weighted by atomic mass is 14.1. The summed E-state index contributed by atoms with van der Waals surface area (Å²) in [5, 5.41) is 0. The van der Waals surface area contributed by atoms with E-state index in [1.54, 1.807) is 0 Å². The molecular weight excluding hydrogens is 215 g/mol. The van der Waals surface area contributed by atoms with Crippen LogP contribution in [-0.4, -0.2) is 6.71 Å². The van der Waals surface area contributed by atoms with E-state index in [0.717, 1.165) is 30.2 Å². The van der Waals surface area contributed by atoms with Gasteiger partial charge in [-0.25, -0.2) is 0 Å². The lowest BCUT2D eigenvalue weighted by atomic mass is 9.30. The van der Waals surface area contributed by atoms with Gasteiger partial charge in [-0.2, -0.15) is 0 Å². The molecule has 0 spiro atoms. The number of rotatable bonds is 9. The molecule has 0 fully saturated rings. The monoisotopic (exact) mass is 250 g/mol. The zero-order valence-electron chi connectivity index (χ0n) is 13.9. The molecule has 0 aromatic carbocycles. The van der Waals surface area contributed by atoms with Gasteiger partial charge in [0.1, 0.15) is 6.71 Å². The molecule has 2 unspecified atom stereocenters. The highest BCUT2D eigenvalue weighted by Crippen LogP contribution is 2.34. The van der Waals surface area contributed by atoms with Crippen LogP contribution in [0, 0.1) is 11.8 Å². The van der Waals surface area contributed by atoms with E-state index in [2.05, 4.69) is 60.6 Å². The van der Waals surface area contributed by atoms with Gasteiger partial charge in [0.2, 0.25) is 0 Å². The summed E-state index contributed by atoms with van der Waals surface area (Å²) in [6.07, 6.45) is 10.0. The molecule has 0 bridgehead atoms. The number of hydrogen-bond donors (Lipinski definition) is 0. The van der Waals surface area contributed by atoms with Crippen molar-refractivity contribution in [1.29, 1.82) is 0 Å². The van der Waals surface area contributed by atoms with E-state index in [1.165, 1.54) is 25.6 Å². The molecule has 0 aliphatic carbocycles. The molecule has 0 aromatic rings. The summed E-state index contributed by atoms with van der Waals surface area (Å²) in [5.74, 6) is 3.22. The molecular formula is C17H35B. The molecule has 0 nitrogen and oxygen atoms in total. The third kappa shape index (κ3) is 6.66. The Bertz CT molecular complexity index is 204. The quantitative estimate of drug-likeness (QED) is 0.255. The molecule has 0 rings (SSSR count). The van der Waals surface area contributed by atoms with Crippen molar-refractivity contribution in [3.63, 3.8) is 0 Å². The second-order valence-corrected chi connectivity index (χ2v) is 6.72. The van der Waals surface area contributed by atoms with Crippen LogP contribution in [0.3, 0.4) is 0 Å². The Morgan fingerprint density at radius 1 is 0.833 bits per heavy atom. The lowest BCUT2D eigenvalue weighted by Crippen LogP contribution is -2.29. The Kier molecular flexibility index (Phi) is 9.59. The van der Waals surface area contributed by atoms with Gasteiger partial charge < -0.3 is 0 Å². The summed E-state index contributed by atoms with van der Waals surface area (Å²) in [5.41, 5.74) is 0. The second kappa shape index (κ2) is 9.70. The second-order valence-electron chi connectivity index (χ2n) is 6.72. The minimum absolute atomic E-state index is 0.792. The fourth-order valence-electron chi connectivity index (χ4n) is 2.59. The fourth-order valence-corrected chi connectivity index (χ4v) is 2.59. The highest BCUT2D eigenvalue weighted by Gasteiger charge is 2.29. The van der Waals surface area contributed by atoms with Gasteiger partial charge in [-0.3, -0.25) is 0 Å². The Morgan fingerprint density at radius 3 is 1.72 bits per heavy atom. The SMILES string of the molecule is CCCC/C=C/CB(C(C)C(C)C)C(C)C(C)C. The average Bonchev–Trinajstić information content (AvgIpc) is 2.32. The molecule has 0 saturated carbocycles. The molecule has 0 aliphatic rings. The first kappa shape index (κ1) is 17.8. The summed E-state index contributed by atoms with van der Waals surface area (Å²) in [6.45, 7) is 17.4. The first-order valence-electron chi connectivity index (χ1n) is 8.06. The zero-order chi connectivity index (χ0) is 14.1. The van der Waals surface area contributed by atoms with E-state index in [9.17, 15) is 0 Å². The smallest absolute Gasteiger partial charge is 0.0957 e. The standard InChI is InChI=1S/C17H35B/c1-8-9-10-11-12-13-18(16(6)14(2)3)17(7)15(4)5/h11-12,14-17H,8-10,13H2,1-7H3/b12-11+. The fraction of sp³-hybridized carbons (Fsp3) is 0.882. The van der Waals surface area contributed by atoms with Crippen LogP contribution in [0.1, 0.15) is 67.7 Å². The van der Waals surface area contributed by atoms with E-state index in [1.807, 2.05) is 0 Å². The zero-order valence-corrected chi connectivity index (χ0v) is 13.9.